The predicted octanol–water partition coefficient (Wildman–Crippen LogP) is 2.39. The van der Waals surface area contributed by atoms with E-state index >= 15 is 0 Å². The van der Waals surface area contributed by atoms with E-state index < -0.39 is 23.5 Å². The number of piperidine rings is 1. The van der Waals surface area contributed by atoms with Gasteiger partial charge >= 0.3 is 17.9 Å². The third-order valence-corrected chi connectivity index (χ3v) is 7.42. The van der Waals surface area contributed by atoms with Crippen molar-refractivity contribution in [1.29, 1.82) is 0 Å². The molecule has 10 heteroatoms. The number of carbonyl (C=O) groups excluding carboxylic acids is 3. The molecule has 3 N–H and O–H groups in total. The third-order valence-electron chi connectivity index (χ3n) is 7.42. The number of hydrazone groups is 1. The van der Waals surface area contributed by atoms with Gasteiger partial charge in [0.15, 0.2) is 5.60 Å². The van der Waals surface area contributed by atoms with Crippen LogP contribution in [0.2, 0.25) is 0 Å². The first-order valence-electron chi connectivity index (χ1n) is 12.6. The molecule has 1 aromatic heterocycles. The molecular formula is C25H36N6O4. The Bertz CT molecular complexity index is 996. The zero-order valence-corrected chi connectivity index (χ0v) is 20.9. The minimum absolute atomic E-state index is 0.128. The normalized spacial score (nSPS) is 25.2. The summed E-state index contributed by atoms with van der Waals surface area (Å²) < 4.78 is 5.91. The highest BCUT2D eigenvalue weighted by Crippen LogP contribution is 2.41. The van der Waals surface area contributed by atoms with Gasteiger partial charge in [-0.1, -0.05) is 0 Å². The van der Waals surface area contributed by atoms with Crippen LogP contribution in [0.5, 0.6) is 0 Å². The fourth-order valence-corrected chi connectivity index (χ4v) is 5.52. The van der Waals surface area contributed by atoms with Crippen LogP contribution in [-0.4, -0.2) is 60.4 Å². The lowest BCUT2D eigenvalue weighted by Gasteiger charge is -2.42. The molecule has 1 spiro atoms. The molecule has 1 saturated heterocycles. The SMILES string of the molecule is CNC(=O)C(=O)N[C@@H](C)CC1CCC2(CC1)OC(=O)NN=C2c1cnc(N2CCCCC2)cc1C. The van der Waals surface area contributed by atoms with Crippen molar-refractivity contribution in [3.05, 3.63) is 23.4 Å². The summed E-state index contributed by atoms with van der Waals surface area (Å²) in [5, 5.41) is 9.54. The van der Waals surface area contributed by atoms with Crippen LogP contribution in [0.4, 0.5) is 10.6 Å². The molecule has 1 aliphatic carbocycles. The summed E-state index contributed by atoms with van der Waals surface area (Å²) in [4.78, 5) is 42.6. The van der Waals surface area contributed by atoms with Crippen LogP contribution in [0.25, 0.3) is 0 Å². The van der Waals surface area contributed by atoms with E-state index in [9.17, 15) is 14.4 Å². The van der Waals surface area contributed by atoms with Crippen molar-refractivity contribution in [3.8, 4) is 0 Å². The van der Waals surface area contributed by atoms with Crippen molar-refractivity contribution in [2.45, 2.75) is 76.9 Å². The molecule has 4 rings (SSSR count). The maximum Gasteiger partial charge on any atom is 0.428 e. The fraction of sp³-hybridized carbons (Fsp3) is 0.640. The van der Waals surface area contributed by atoms with E-state index in [1.807, 2.05) is 13.1 Å². The number of nitrogens with zero attached hydrogens (tertiary/aromatic N) is 3. The van der Waals surface area contributed by atoms with Gasteiger partial charge in [0.25, 0.3) is 0 Å². The van der Waals surface area contributed by atoms with Crippen LogP contribution < -0.4 is 21.0 Å². The van der Waals surface area contributed by atoms with Gasteiger partial charge in [-0.2, -0.15) is 5.10 Å². The van der Waals surface area contributed by atoms with Gasteiger partial charge < -0.3 is 20.3 Å². The Labute approximate surface area is 206 Å². The van der Waals surface area contributed by atoms with Crippen LogP contribution >= 0.6 is 0 Å². The molecular weight excluding hydrogens is 448 g/mol. The van der Waals surface area contributed by atoms with Gasteiger partial charge in [-0.25, -0.2) is 15.2 Å². The second-order valence-corrected chi connectivity index (χ2v) is 9.99. The average molecular weight is 485 g/mol. The van der Waals surface area contributed by atoms with E-state index in [-0.39, 0.29) is 6.04 Å². The minimum atomic E-state index is -0.785. The molecule has 1 aromatic rings. The molecule has 0 unspecified atom stereocenters. The summed E-state index contributed by atoms with van der Waals surface area (Å²) >= 11 is 0. The number of anilines is 1. The molecule has 10 nitrogen and oxygen atoms in total. The predicted molar refractivity (Wildman–Crippen MR) is 132 cm³/mol. The molecule has 2 fully saturated rings. The quantitative estimate of drug-likeness (QED) is 0.551. The van der Waals surface area contributed by atoms with Gasteiger partial charge in [0.2, 0.25) is 0 Å². The molecule has 1 saturated carbocycles. The average Bonchev–Trinajstić information content (AvgIpc) is 2.86. The smallest absolute Gasteiger partial charge is 0.428 e. The van der Waals surface area contributed by atoms with Gasteiger partial charge in [0.05, 0.1) is 0 Å². The second-order valence-electron chi connectivity index (χ2n) is 9.99. The van der Waals surface area contributed by atoms with Crippen molar-refractivity contribution in [2.24, 2.45) is 11.0 Å². The Morgan fingerprint density at radius 1 is 1.23 bits per heavy atom. The maximum absolute atomic E-state index is 12.2. The lowest BCUT2D eigenvalue weighted by molar-refractivity contribution is -0.139. The summed E-state index contributed by atoms with van der Waals surface area (Å²) in [6.07, 6.45) is 8.67. The first-order chi connectivity index (χ1) is 16.8. The molecule has 3 heterocycles. The molecule has 0 aromatic carbocycles. The number of ether oxygens (including phenoxy) is 1. The standard InChI is InChI=1S/C25H36N6O4/c1-16-13-20(31-11-5-4-6-12-31)27-15-19(16)21-25(35-24(34)30-29-21)9-7-18(8-10-25)14-17(2)28-23(33)22(32)26-3/h13,15,17-18H,4-12,14H2,1-3H3,(H,26,32)(H,28,33)(H,30,34)/t17-,18?,25?/m0/s1. The third kappa shape index (κ3) is 5.57. The van der Waals surface area contributed by atoms with E-state index in [0.29, 0.717) is 18.8 Å². The zero-order valence-electron chi connectivity index (χ0n) is 20.9. The number of aromatic nitrogens is 1. The van der Waals surface area contributed by atoms with Crippen LogP contribution in [0.3, 0.4) is 0 Å². The Morgan fingerprint density at radius 3 is 2.60 bits per heavy atom. The second kappa shape index (κ2) is 10.6. The Hall–Kier alpha value is -3.17. The molecule has 3 amide bonds. The number of carbonyl (C=O) groups is 3. The molecule has 190 valence electrons. The van der Waals surface area contributed by atoms with Gasteiger partial charge in [-0.15, -0.1) is 0 Å². The van der Waals surface area contributed by atoms with Crippen molar-refractivity contribution in [2.75, 3.05) is 25.0 Å². The van der Waals surface area contributed by atoms with Gasteiger partial charge in [-0.05, 0) is 82.8 Å². The van der Waals surface area contributed by atoms with E-state index in [0.717, 1.165) is 55.0 Å². The highest BCUT2D eigenvalue weighted by atomic mass is 16.6. The highest BCUT2D eigenvalue weighted by Gasteiger charge is 2.47. The fourth-order valence-electron chi connectivity index (χ4n) is 5.52. The Balaban J connectivity index is 1.45. The Kier molecular flexibility index (Phi) is 7.57. The van der Waals surface area contributed by atoms with Crippen molar-refractivity contribution < 1.29 is 19.1 Å². The lowest BCUT2D eigenvalue weighted by atomic mass is 9.72. The molecule has 3 aliphatic rings. The summed E-state index contributed by atoms with van der Waals surface area (Å²) in [5.74, 6) is 0.0659. The number of amides is 3. The van der Waals surface area contributed by atoms with Crippen LogP contribution in [0.15, 0.2) is 17.4 Å². The van der Waals surface area contributed by atoms with Gasteiger partial charge in [0.1, 0.15) is 11.5 Å². The van der Waals surface area contributed by atoms with Crippen molar-refractivity contribution in [3.63, 3.8) is 0 Å². The summed E-state index contributed by atoms with van der Waals surface area (Å²) in [6.45, 7) is 6.01. The maximum atomic E-state index is 12.2. The van der Waals surface area contributed by atoms with E-state index in [4.69, 9.17) is 9.72 Å². The summed E-state index contributed by atoms with van der Waals surface area (Å²) in [7, 11) is 1.44. The lowest BCUT2D eigenvalue weighted by Crippen LogP contribution is -2.53. The number of aryl methyl sites for hydroxylation is 1. The van der Waals surface area contributed by atoms with Crippen molar-refractivity contribution >= 4 is 29.4 Å². The number of hydrogen-bond acceptors (Lipinski definition) is 7. The minimum Gasteiger partial charge on any atom is -0.435 e. The van der Waals surface area contributed by atoms with E-state index in [1.165, 1.54) is 26.3 Å². The zero-order chi connectivity index (χ0) is 25.0. The van der Waals surface area contributed by atoms with Gasteiger partial charge in [-0.3, -0.25) is 9.59 Å². The molecule has 0 bridgehead atoms. The molecule has 1 atom stereocenters. The molecule has 0 radical (unpaired) electrons. The number of pyridine rings is 1. The monoisotopic (exact) mass is 484 g/mol. The van der Waals surface area contributed by atoms with Crippen LogP contribution in [-0.2, 0) is 14.3 Å². The number of hydrogen-bond donors (Lipinski definition) is 3. The number of likely N-dealkylation sites (N-methyl/N-ethyl adjacent to an activating group) is 1. The number of nitrogens with one attached hydrogen (secondary N) is 3. The van der Waals surface area contributed by atoms with Crippen LogP contribution in [0.1, 0.15) is 69.4 Å². The number of rotatable bonds is 5. The first kappa shape index (κ1) is 24.9. The molecule has 35 heavy (non-hydrogen) atoms. The molecule has 2 aliphatic heterocycles. The summed E-state index contributed by atoms with van der Waals surface area (Å²) in [5.41, 5.74) is 4.39. The topological polar surface area (TPSA) is 125 Å². The highest BCUT2D eigenvalue weighted by molar-refractivity contribution is 6.35. The van der Waals surface area contributed by atoms with Crippen molar-refractivity contribution in [1.82, 2.24) is 21.0 Å². The van der Waals surface area contributed by atoms with E-state index in [1.54, 1.807) is 0 Å². The van der Waals surface area contributed by atoms with E-state index in [2.05, 4.69) is 39.1 Å². The Morgan fingerprint density at radius 2 is 1.94 bits per heavy atom. The largest absolute Gasteiger partial charge is 0.435 e. The van der Waals surface area contributed by atoms with Crippen LogP contribution in [0, 0.1) is 12.8 Å². The first-order valence-corrected chi connectivity index (χ1v) is 12.6. The summed E-state index contributed by atoms with van der Waals surface area (Å²) in [6, 6.07) is 1.98. The van der Waals surface area contributed by atoms with Gasteiger partial charge in [0, 0.05) is 37.9 Å².